The molecular weight excluding hydrogens is 315 g/mol. The lowest BCUT2D eigenvalue weighted by atomic mass is 9.99. The third-order valence-electron chi connectivity index (χ3n) is 3.56. The highest BCUT2D eigenvalue weighted by Gasteiger charge is 2.33. The number of rotatable bonds is 3. The van der Waals surface area contributed by atoms with Crippen molar-refractivity contribution in [1.29, 1.82) is 0 Å². The summed E-state index contributed by atoms with van der Waals surface area (Å²) in [6.45, 7) is 0. The number of anilines is 1. The zero-order chi connectivity index (χ0) is 17.1. The van der Waals surface area contributed by atoms with Crippen LogP contribution in [0.2, 0.25) is 0 Å². The standard InChI is InChI=1S/C16H13FN4O3/c17-9-4-6-10(7-5-9)18-20-16(24)21-19-13-8-12-11(15(13)23)2-1-3-14(12)22/h1-2,4-7,18H,3,8H2,(H2,20,21,24). The van der Waals surface area contributed by atoms with Gasteiger partial charge >= 0.3 is 6.03 Å². The SMILES string of the molecule is O=C(NN=C1CC2=C(C=CCC2=O)C1=O)NNc1ccc(F)cc1. The normalized spacial score (nSPS) is 18.0. The zero-order valence-electron chi connectivity index (χ0n) is 12.4. The second-order valence-electron chi connectivity index (χ2n) is 5.18. The van der Waals surface area contributed by atoms with Crippen LogP contribution >= 0.6 is 0 Å². The summed E-state index contributed by atoms with van der Waals surface area (Å²) in [7, 11) is 0. The summed E-state index contributed by atoms with van der Waals surface area (Å²) in [4.78, 5) is 35.5. The van der Waals surface area contributed by atoms with Crippen LogP contribution in [0.25, 0.3) is 0 Å². The number of ketones is 2. The van der Waals surface area contributed by atoms with Gasteiger partial charge in [-0.3, -0.25) is 20.4 Å². The van der Waals surface area contributed by atoms with Gasteiger partial charge in [-0.2, -0.15) is 5.10 Å². The number of nitrogens with one attached hydrogen (secondary N) is 3. The lowest BCUT2D eigenvalue weighted by Crippen LogP contribution is -2.37. The predicted molar refractivity (Wildman–Crippen MR) is 84.5 cm³/mol. The molecule has 0 bridgehead atoms. The van der Waals surface area contributed by atoms with Crippen molar-refractivity contribution in [3.63, 3.8) is 0 Å². The Morgan fingerprint density at radius 3 is 2.62 bits per heavy atom. The molecule has 122 valence electrons. The van der Waals surface area contributed by atoms with Gasteiger partial charge in [-0.05, 0) is 24.3 Å². The van der Waals surface area contributed by atoms with Crippen molar-refractivity contribution in [3.05, 3.63) is 53.4 Å². The summed E-state index contributed by atoms with van der Waals surface area (Å²) in [5, 5.41) is 3.77. The molecule has 0 fully saturated rings. The Hall–Kier alpha value is -3.29. The average Bonchev–Trinajstić information content (AvgIpc) is 2.90. The third-order valence-corrected chi connectivity index (χ3v) is 3.56. The first kappa shape index (κ1) is 15.6. The van der Waals surface area contributed by atoms with E-state index >= 15 is 0 Å². The molecule has 0 aliphatic heterocycles. The van der Waals surface area contributed by atoms with Crippen LogP contribution in [0, 0.1) is 5.82 Å². The van der Waals surface area contributed by atoms with E-state index in [0.717, 1.165) is 0 Å². The highest BCUT2D eigenvalue weighted by molar-refractivity contribution is 6.51. The molecular formula is C16H13FN4O3. The fraction of sp³-hybridized carbons (Fsp3) is 0.125. The maximum absolute atomic E-state index is 12.8. The van der Waals surface area contributed by atoms with Crippen molar-refractivity contribution in [2.75, 3.05) is 5.43 Å². The van der Waals surface area contributed by atoms with E-state index in [9.17, 15) is 18.8 Å². The lowest BCUT2D eigenvalue weighted by Gasteiger charge is -2.07. The summed E-state index contributed by atoms with van der Waals surface area (Å²) < 4.78 is 12.8. The molecule has 3 N–H and O–H groups in total. The van der Waals surface area contributed by atoms with E-state index in [0.29, 0.717) is 16.8 Å². The second-order valence-corrected chi connectivity index (χ2v) is 5.18. The Bertz CT molecular complexity index is 809. The van der Waals surface area contributed by atoms with E-state index in [4.69, 9.17) is 0 Å². The minimum Gasteiger partial charge on any atom is -0.297 e. The van der Waals surface area contributed by atoms with Gasteiger partial charge in [-0.25, -0.2) is 14.6 Å². The van der Waals surface area contributed by atoms with E-state index in [1.165, 1.54) is 24.3 Å². The van der Waals surface area contributed by atoms with Gasteiger partial charge in [0.05, 0.1) is 5.69 Å². The topological polar surface area (TPSA) is 99.7 Å². The van der Waals surface area contributed by atoms with Crippen LogP contribution in [0.3, 0.4) is 0 Å². The molecule has 2 amide bonds. The number of halogens is 1. The number of hydrazone groups is 1. The van der Waals surface area contributed by atoms with Crippen molar-refractivity contribution in [2.45, 2.75) is 12.8 Å². The van der Waals surface area contributed by atoms with Gasteiger partial charge in [0.25, 0.3) is 0 Å². The molecule has 0 saturated carbocycles. The molecule has 24 heavy (non-hydrogen) atoms. The van der Waals surface area contributed by atoms with E-state index in [1.54, 1.807) is 12.2 Å². The minimum absolute atomic E-state index is 0.103. The molecule has 0 atom stereocenters. The van der Waals surface area contributed by atoms with Gasteiger partial charge in [0.2, 0.25) is 5.78 Å². The molecule has 7 nitrogen and oxygen atoms in total. The molecule has 8 heteroatoms. The number of hydrogen-bond donors (Lipinski definition) is 3. The maximum atomic E-state index is 12.8. The number of urea groups is 1. The number of carbonyl (C=O) groups is 3. The minimum atomic E-state index is -0.702. The summed E-state index contributed by atoms with van der Waals surface area (Å²) in [5.41, 5.74) is 8.40. The van der Waals surface area contributed by atoms with E-state index < -0.39 is 11.8 Å². The molecule has 2 aliphatic rings. The summed E-state index contributed by atoms with van der Waals surface area (Å²) in [5.74, 6) is -0.856. The molecule has 0 radical (unpaired) electrons. The first-order valence-corrected chi connectivity index (χ1v) is 7.16. The summed E-state index contributed by atoms with van der Waals surface area (Å²) >= 11 is 0. The number of hydrogen-bond acceptors (Lipinski definition) is 5. The molecule has 1 aromatic rings. The van der Waals surface area contributed by atoms with Crippen molar-refractivity contribution in [1.82, 2.24) is 10.9 Å². The van der Waals surface area contributed by atoms with Crippen LogP contribution in [-0.2, 0) is 9.59 Å². The van der Waals surface area contributed by atoms with Crippen LogP contribution in [0.4, 0.5) is 14.9 Å². The lowest BCUT2D eigenvalue weighted by molar-refractivity contribution is -0.115. The molecule has 0 heterocycles. The largest absolute Gasteiger partial charge is 0.353 e. The van der Waals surface area contributed by atoms with Crippen molar-refractivity contribution in [2.24, 2.45) is 5.10 Å². The number of allylic oxidation sites excluding steroid dienone is 4. The van der Waals surface area contributed by atoms with Crippen molar-refractivity contribution >= 4 is 29.0 Å². The van der Waals surface area contributed by atoms with Crippen molar-refractivity contribution < 1.29 is 18.8 Å². The van der Waals surface area contributed by atoms with Gasteiger partial charge in [0.1, 0.15) is 11.5 Å². The van der Waals surface area contributed by atoms with Gasteiger partial charge in [0, 0.05) is 24.0 Å². The first-order valence-electron chi connectivity index (χ1n) is 7.16. The molecule has 0 aromatic heterocycles. The van der Waals surface area contributed by atoms with Gasteiger partial charge in [-0.1, -0.05) is 12.2 Å². The quantitative estimate of drug-likeness (QED) is 0.734. The highest BCUT2D eigenvalue weighted by Crippen LogP contribution is 2.27. The zero-order valence-corrected chi connectivity index (χ0v) is 12.4. The summed E-state index contributed by atoms with van der Waals surface area (Å²) in [6.07, 6.45) is 3.63. The number of carbonyl (C=O) groups excluding carboxylic acids is 3. The van der Waals surface area contributed by atoms with Crippen LogP contribution in [0.15, 0.2) is 52.7 Å². The smallest absolute Gasteiger partial charge is 0.297 e. The molecule has 1 aromatic carbocycles. The summed E-state index contributed by atoms with van der Waals surface area (Å²) in [6, 6.07) is 4.65. The molecule has 0 spiro atoms. The Labute approximate surface area is 136 Å². The van der Waals surface area contributed by atoms with Crippen LogP contribution in [0.5, 0.6) is 0 Å². The number of Topliss-reactive ketones (excluding diaryl/α,β-unsaturated/α-hetero) is 2. The Morgan fingerprint density at radius 1 is 1.17 bits per heavy atom. The average molecular weight is 328 g/mol. The van der Waals surface area contributed by atoms with E-state index in [-0.39, 0.29) is 30.1 Å². The van der Waals surface area contributed by atoms with Crippen LogP contribution < -0.4 is 16.3 Å². The number of nitrogens with zero attached hydrogens (tertiary/aromatic N) is 1. The number of amides is 2. The van der Waals surface area contributed by atoms with E-state index in [1.807, 2.05) is 0 Å². The monoisotopic (exact) mass is 328 g/mol. The third kappa shape index (κ3) is 3.22. The fourth-order valence-corrected chi connectivity index (χ4v) is 2.37. The number of benzene rings is 1. The van der Waals surface area contributed by atoms with Crippen LogP contribution in [0.1, 0.15) is 12.8 Å². The number of hydrazine groups is 1. The fourth-order valence-electron chi connectivity index (χ4n) is 2.37. The van der Waals surface area contributed by atoms with Gasteiger partial charge < -0.3 is 0 Å². The molecule has 3 rings (SSSR count). The molecule has 0 unspecified atom stereocenters. The van der Waals surface area contributed by atoms with Gasteiger partial charge in [0.15, 0.2) is 5.78 Å². The van der Waals surface area contributed by atoms with Gasteiger partial charge in [-0.15, -0.1) is 0 Å². The van der Waals surface area contributed by atoms with Crippen molar-refractivity contribution in [3.8, 4) is 0 Å². The van der Waals surface area contributed by atoms with E-state index in [2.05, 4.69) is 21.4 Å². The molecule has 2 aliphatic carbocycles. The van der Waals surface area contributed by atoms with Crippen LogP contribution in [-0.4, -0.2) is 23.3 Å². The molecule has 0 saturated heterocycles. The Balaban J connectivity index is 1.55. The Kier molecular flexibility index (Phi) is 4.19. The highest BCUT2D eigenvalue weighted by atomic mass is 19.1. The first-order chi connectivity index (χ1) is 11.5. The maximum Gasteiger partial charge on any atom is 0.353 e. The Morgan fingerprint density at radius 2 is 1.92 bits per heavy atom. The predicted octanol–water partition coefficient (Wildman–Crippen LogP) is 1.61. The second kappa shape index (κ2) is 6.45.